The van der Waals surface area contributed by atoms with Gasteiger partial charge in [-0.3, -0.25) is 4.98 Å². The molecule has 2 aromatic carbocycles. The molecule has 0 saturated heterocycles. The zero-order valence-corrected chi connectivity index (χ0v) is 20.6. The van der Waals surface area contributed by atoms with Crippen LogP contribution in [0.4, 0.5) is 0 Å². The van der Waals surface area contributed by atoms with Crippen molar-refractivity contribution in [3.05, 3.63) is 72.1 Å². The maximum Gasteiger partial charge on any atom is 0.187 e. The van der Waals surface area contributed by atoms with Gasteiger partial charge in [-0.1, -0.05) is 48.5 Å². The lowest BCUT2D eigenvalue weighted by molar-refractivity contribution is 0.433. The van der Waals surface area contributed by atoms with Crippen LogP contribution in [0.15, 0.2) is 70.2 Å². The number of nitrogens with zero attached hydrogens (tertiary/aromatic N) is 3. The molecule has 7 nitrogen and oxygen atoms in total. The quantitative estimate of drug-likeness (QED) is 0.379. The summed E-state index contributed by atoms with van der Waals surface area (Å²) < 4.78 is 30.4. The zero-order valence-electron chi connectivity index (χ0n) is 19.7. The van der Waals surface area contributed by atoms with E-state index in [0.717, 1.165) is 29.9 Å². The molecule has 2 aromatic heterocycles. The van der Waals surface area contributed by atoms with E-state index < -0.39 is 15.1 Å². The average Bonchev–Trinajstić information content (AvgIpc) is 3.33. The molecule has 0 radical (unpaired) electrons. The Labute approximate surface area is 200 Å². The van der Waals surface area contributed by atoms with Crippen molar-refractivity contribution in [1.82, 2.24) is 20.4 Å². The van der Waals surface area contributed by atoms with Gasteiger partial charge in [-0.25, -0.2) is 13.4 Å². The van der Waals surface area contributed by atoms with Crippen LogP contribution in [-0.4, -0.2) is 35.3 Å². The van der Waals surface area contributed by atoms with Gasteiger partial charge in [-0.2, -0.15) is 0 Å². The molecule has 0 aliphatic heterocycles. The van der Waals surface area contributed by atoms with Crippen LogP contribution >= 0.6 is 0 Å². The SMILES string of the molecule is CCNCc1ccc(-c2cc(-c3nc(-c4ccc(S(=O)(=O)C(C)C)cc4)cnc3C)on2)cc1. The van der Waals surface area contributed by atoms with Crippen LogP contribution < -0.4 is 5.32 Å². The van der Waals surface area contributed by atoms with Gasteiger partial charge in [0.1, 0.15) is 11.4 Å². The summed E-state index contributed by atoms with van der Waals surface area (Å²) in [6.45, 7) is 9.04. The highest BCUT2D eigenvalue weighted by Gasteiger charge is 2.19. The average molecular weight is 477 g/mol. The van der Waals surface area contributed by atoms with Crippen LogP contribution in [0.2, 0.25) is 0 Å². The predicted molar refractivity (Wildman–Crippen MR) is 133 cm³/mol. The first-order valence-electron chi connectivity index (χ1n) is 11.2. The van der Waals surface area contributed by atoms with Crippen molar-refractivity contribution in [2.24, 2.45) is 0 Å². The van der Waals surface area contributed by atoms with Crippen LogP contribution in [0.5, 0.6) is 0 Å². The third kappa shape index (κ3) is 4.93. The molecule has 0 saturated carbocycles. The standard InChI is InChI=1S/C26H28N4O3S/c1-5-27-15-19-6-8-20(9-7-19)23-14-25(33-30-23)26-18(4)28-16-24(29-26)21-10-12-22(13-11-21)34(31,32)17(2)3/h6-14,16-17,27H,5,15H2,1-4H3. The second-order valence-corrected chi connectivity index (χ2v) is 10.9. The van der Waals surface area contributed by atoms with Crippen molar-refractivity contribution in [3.63, 3.8) is 0 Å². The molecule has 34 heavy (non-hydrogen) atoms. The van der Waals surface area contributed by atoms with E-state index >= 15 is 0 Å². The highest BCUT2D eigenvalue weighted by Crippen LogP contribution is 2.29. The van der Waals surface area contributed by atoms with E-state index in [1.807, 2.05) is 25.1 Å². The summed E-state index contributed by atoms with van der Waals surface area (Å²) in [5, 5.41) is 7.06. The minimum atomic E-state index is -3.33. The molecule has 0 fully saturated rings. The van der Waals surface area contributed by atoms with Gasteiger partial charge in [0.2, 0.25) is 0 Å². The Hall–Kier alpha value is -3.36. The summed E-state index contributed by atoms with van der Waals surface area (Å²) in [5.74, 6) is 0.526. The maximum atomic E-state index is 12.4. The summed E-state index contributed by atoms with van der Waals surface area (Å²) in [6.07, 6.45) is 1.67. The number of aromatic nitrogens is 3. The van der Waals surface area contributed by atoms with Crippen molar-refractivity contribution < 1.29 is 12.9 Å². The van der Waals surface area contributed by atoms with E-state index in [9.17, 15) is 8.42 Å². The molecule has 176 valence electrons. The lowest BCUT2D eigenvalue weighted by Gasteiger charge is -2.09. The van der Waals surface area contributed by atoms with E-state index in [0.29, 0.717) is 27.7 Å². The molecule has 0 bridgehead atoms. The van der Waals surface area contributed by atoms with E-state index in [1.165, 1.54) is 5.56 Å². The third-order valence-electron chi connectivity index (χ3n) is 5.63. The zero-order chi connectivity index (χ0) is 24.3. The number of hydrogen-bond donors (Lipinski definition) is 1. The molecule has 0 aliphatic carbocycles. The largest absolute Gasteiger partial charge is 0.354 e. The Morgan fingerprint density at radius 1 is 0.971 bits per heavy atom. The molecule has 4 aromatic rings. The van der Waals surface area contributed by atoms with Gasteiger partial charge in [0.25, 0.3) is 0 Å². The van der Waals surface area contributed by atoms with E-state index in [-0.39, 0.29) is 0 Å². The molecule has 0 aliphatic rings. The first-order chi connectivity index (χ1) is 16.3. The van der Waals surface area contributed by atoms with Crippen molar-refractivity contribution in [2.45, 2.75) is 44.4 Å². The molecular weight excluding hydrogens is 448 g/mol. The number of nitrogens with one attached hydrogen (secondary N) is 1. The Morgan fingerprint density at radius 2 is 1.62 bits per heavy atom. The van der Waals surface area contributed by atoms with Crippen molar-refractivity contribution in [2.75, 3.05) is 6.54 Å². The molecule has 0 amide bonds. The fourth-order valence-corrected chi connectivity index (χ4v) is 4.55. The fourth-order valence-electron chi connectivity index (χ4n) is 3.49. The van der Waals surface area contributed by atoms with Crippen LogP contribution in [0.1, 0.15) is 32.0 Å². The molecular formula is C26H28N4O3S. The Balaban J connectivity index is 1.60. The van der Waals surface area contributed by atoms with Gasteiger partial charge in [0, 0.05) is 23.7 Å². The summed E-state index contributed by atoms with van der Waals surface area (Å²) >= 11 is 0. The lowest BCUT2D eigenvalue weighted by Crippen LogP contribution is -2.13. The van der Waals surface area contributed by atoms with E-state index in [4.69, 9.17) is 9.51 Å². The van der Waals surface area contributed by atoms with Crippen LogP contribution in [0.25, 0.3) is 34.0 Å². The summed E-state index contributed by atoms with van der Waals surface area (Å²) in [4.78, 5) is 9.51. The molecule has 2 heterocycles. The first kappa shape index (κ1) is 23.8. The second-order valence-electron chi connectivity index (χ2n) is 8.36. The minimum absolute atomic E-state index is 0.294. The molecule has 0 atom stereocenters. The second kappa shape index (κ2) is 9.87. The van der Waals surface area contributed by atoms with Crippen LogP contribution in [0.3, 0.4) is 0 Å². The number of aryl methyl sites for hydroxylation is 1. The smallest absolute Gasteiger partial charge is 0.187 e. The maximum absolute atomic E-state index is 12.4. The number of benzene rings is 2. The molecule has 0 spiro atoms. The number of sulfone groups is 1. The summed E-state index contributed by atoms with van der Waals surface area (Å²) in [5.41, 5.74) is 5.59. The first-order valence-corrected chi connectivity index (χ1v) is 12.8. The molecule has 8 heteroatoms. The van der Waals surface area contributed by atoms with Gasteiger partial charge in [0.05, 0.1) is 27.7 Å². The Morgan fingerprint density at radius 3 is 2.26 bits per heavy atom. The lowest BCUT2D eigenvalue weighted by atomic mass is 10.1. The van der Waals surface area contributed by atoms with Crippen LogP contribution in [-0.2, 0) is 16.4 Å². The predicted octanol–water partition coefficient (Wildman–Crippen LogP) is 5.07. The highest BCUT2D eigenvalue weighted by molar-refractivity contribution is 7.92. The van der Waals surface area contributed by atoms with Gasteiger partial charge in [-0.05, 0) is 45.0 Å². The fraction of sp³-hybridized carbons (Fsp3) is 0.269. The number of rotatable bonds is 8. The topological polar surface area (TPSA) is 98.0 Å². The third-order valence-corrected chi connectivity index (χ3v) is 7.80. The van der Waals surface area contributed by atoms with E-state index in [1.54, 1.807) is 44.3 Å². The van der Waals surface area contributed by atoms with Gasteiger partial charge in [-0.15, -0.1) is 0 Å². The van der Waals surface area contributed by atoms with Gasteiger partial charge in [0.15, 0.2) is 15.6 Å². The van der Waals surface area contributed by atoms with Gasteiger partial charge >= 0.3 is 0 Å². The summed E-state index contributed by atoms with van der Waals surface area (Å²) in [7, 11) is -3.33. The highest BCUT2D eigenvalue weighted by atomic mass is 32.2. The number of hydrogen-bond acceptors (Lipinski definition) is 7. The monoisotopic (exact) mass is 476 g/mol. The normalized spacial score (nSPS) is 11.8. The molecule has 0 unspecified atom stereocenters. The summed E-state index contributed by atoms with van der Waals surface area (Å²) in [6, 6.07) is 16.8. The van der Waals surface area contributed by atoms with Crippen molar-refractivity contribution in [3.8, 4) is 34.0 Å². The molecule has 4 rings (SSSR count). The van der Waals surface area contributed by atoms with Crippen molar-refractivity contribution >= 4 is 9.84 Å². The Bertz CT molecular complexity index is 1380. The minimum Gasteiger partial charge on any atom is -0.354 e. The van der Waals surface area contributed by atoms with E-state index in [2.05, 4.69) is 34.5 Å². The van der Waals surface area contributed by atoms with Crippen LogP contribution in [0, 0.1) is 6.92 Å². The van der Waals surface area contributed by atoms with Crippen molar-refractivity contribution in [1.29, 1.82) is 0 Å². The Kier molecular flexibility index (Phi) is 6.90. The van der Waals surface area contributed by atoms with Gasteiger partial charge < -0.3 is 9.84 Å². The molecule has 1 N–H and O–H groups in total.